The first kappa shape index (κ1) is 13.7. The molecule has 1 amide bonds. The summed E-state index contributed by atoms with van der Waals surface area (Å²) in [5, 5.41) is 3.91. The van der Waals surface area contributed by atoms with Crippen molar-refractivity contribution in [3.05, 3.63) is 52.9 Å². The zero-order chi connectivity index (χ0) is 15.0. The summed E-state index contributed by atoms with van der Waals surface area (Å²) in [6.45, 7) is 2.21. The largest absolute Gasteiger partial charge is 0.361 e. The Labute approximate surface area is 120 Å². The molecule has 1 aromatic carbocycles. The highest BCUT2D eigenvalue weighted by molar-refractivity contribution is 5.95. The number of rotatable bonds is 2. The van der Waals surface area contributed by atoms with Crippen molar-refractivity contribution < 1.29 is 18.1 Å². The van der Waals surface area contributed by atoms with Crippen LogP contribution in [-0.2, 0) is 0 Å². The van der Waals surface area contributed by atoms with Crippen molar-refractivity contribution in [3.63, 3.8) is 0 Å². The summed E-state index contributed by atoms with van der Waals surface area (Å²) in [4.78, 5) is 13.9. The second-order valence-electron chi connectivity index (χ2n) is 5.12. The summed E-state index contributed by atoms with van der Waals surface area (Å²) >= 11 is 0. The third kappa shape index (κ3) is 2.41. The summed E-state index contributed by atoms with van der Waals surface area (Å²) in [5.41, 5.74) is 0.111. The van der Waals surface area contributed by atoms with Crippen LogP contribution in [0.5, 0.6) is 0 Å². The van der Waals surface area contributed by atoms with Crippen LogP contribution in [0.1, 0.15) is 40.7 Å². The molecule has 1 aliphatic heterocycles. The van der Waals surface area contributed by atoms with Crippen molar-refractivity contribution in [1.29, 1.82) is 0 Å². The average Bonchev–Trinajstić information content (AvgIpc) is 3.06. The van der Waals surface area contributed by atoms with E-state index < -0.39 is 23.1 Å². The molecule has 0 bridgehead atoms. The van der Waals surface area contributed by atoms with Gasteiger partial charge in [0.15, 0.2) is 0 Å². The number of carbonyl (C=O) groups is 1. The number of amides is 1. The fraction of sp³-hybridized carbons (Fsp3) is 0.333. The highest BCUT2D eigenvalue weighted by Gasteiger charge is 2.34. The molecule has 0 spiro atoms. The van der Waals surface area contributed by atoms with Crippen molar-refractivity contribution in [1.82, 2.24) is 10.1 Å². The maximum atomic E-state index is 13.8. The van der Waals surface area contributed by atoms with Crippen molar-refractivity contribution in [2.75, 3.05) is 6.54 Å². The Kier molecular flexibility index (Phi) is 3.45. The second-order valence-corrected chi connectivity index (χ2v) is 5.12. The lowest BCUT2D eigenvalue weighted by atomic mass is 10.1. The van der Waals surface area contributed by atoms with Crippen LogP contribution in [0.4, 0.5) is 8.78 Å². The Morgan fingerprint density at radius 1 is 1.38 bits per heavy atom. The molecule has 0 N–H and O–H groups in total. The summed E-state index contributed by atoms with van der Waals surface area (Å²) in [6, 6.07) is 4.86. The number of likely N-dealkylation sites (tertiary alicyclic amines) is 1. The molecule has 1 atom stereocenters. The van der Waals surface area contributed by atoms with Gasteiger partial charge in [-0.05, 0) is 31.9 Å². The van der Waals surface area contributed by atoms with Crippen molar-refractivity contribution in [3.8, 4) is 0 Å². The predicted octanol–water partition coefficient (Wildman–Crippen LogP) is 3.24. The van der Waals surface area contributed by atoms with E-state index >= 15 is 0 Å². The lowest BCUT2D eigenvalue weighted by molar-refractivity contribution is 0.0721. The van der Waals surface area contributed by atoms with Gasteiger partial charge in [0, 0.05) is 12.6 Å². The van der Waals surface area contributed by atoms with Crippen LogP contribution >= 0.6 is 0 Å². The molecule has 6 heteroatoms. The molecular formula is C15H14F2N2O2. The molecule has 110 valence electrons. The van der Waals surface area contributed by atoms with Gasteiger partial charge in [-0.15, -0.1) is 0 Å². The molecular weight excluding hydrogens is 278 g/mol. The molecule has 0 unspecified atom stereocenters. The Bertz CT molecular complexity index is 664. The Hall–Kier alpha value is -2.24. The number of aromatic nitrogens is 1. The van der Waals surface area contributed by atoms with Crippen molar-refractivity contribution >= 4 is 5.91 Å². The van der Waals surface area contributed by atoms with Gasteiger partial charge in [-0.25, -0.2) is 8.78 Å². The highest BCUT2D eigenvalue weighted by Crippen LogP contribution is 2.33. The van der Waals surface area contributed by atoms with E-state index in [1.54, 1.807) is 13.0 Å². The monoisotopic (exact) mass is 292 g/mol. The Morgan fingerprint density at radius 3 is 2.71 bits per heavy atom. The average molecular weight is 292 g/mol. The van der Waals surface area contributed by atoms with E-state index in [0.717, 1.165) is 18.6 Å². The van der Waals surface area contributed by atoms with Crippen molar-refractivity contribution in [2.45, 2.75) is 25.8 Å². The Morgan fingerprint density at radius 2 is 2.10 bits per heavy atom. The minimum absolute atomic E-state index is 0.297. The van der Waals surface area contributed by atoms with Gasteiger partial charge in [-0.1, -0.05) is 11.2 Å². The minimum atomic E-state index is -0.845. The lowest BCUT2D eigenvalue weighted by Gasteiger charge is -2.23. The van der Waals surface area contributed by atoms with Crippen LogP contribution in [-0.4, -0.2) is 22.5 Å². The Balaban J connectivity index is 1.93. The summed E-state index contributed by atoms with van der Waals surface area (Å²) in [7, 11) is 0. The van der Waals surface area contributed by atoms with E-state index in [1.807, 2.05) is 0 Å². The molecule has 1 aliphatic rings. The maximum Gasteiger partial charge on any atom is 0.260 e. The maximum absolute atomic E-state index is 13.8. The van der Waals surface area contributed by atoms with Crippen LogP contribution in [0, 0.1) is 18.6 Å². The molecule has 3 rings (SSSR count). The van der Waals surface area contributed by atoms with Gasteiger partial charge in [0.25, 0.3) is 5.91 Å². The molecule has 1 fully saturated rings. The van der Waals surface area contributed by atoms with E-state index in [1.165, 1.54) is 11.0 Å². The van der Waals surface area contributed by atoms with E-state index in [4.69, 9.17) is 4.52 Å². The number of halogens is 2. The minimum Gasteiger partial charge on any atom is -0.361 e. The number of hydrogen-bond donors (Lipinski definition) is 0. The molecule has 1 aromatic heterocycles. The van der Waals surface area contributed by atoms with Gasteiger partial charge in [-0.3, -0.25) is 4.79 Å². The third-order valence-corrected chi connectivity index (χ3v) is 3.68. The SMILES string of the molecule is Cc1cc([C@@H]2CCCN2C(=O)c2c(F)cccc2F)no1. The zero-order valence-corrected chi connectivity index (χ0v) is 11.5. The van der Waals surface area contributed by atoms with Gasteiger partial charge < -0.3 is 9.42 Å². The van der Waals surface area contributed by atoms with Crippen LogP contribution in [0.15, 0.2) is 28.8 Å². The number of carbonyl (C=O) groups excluding carboxylic acids is 1. The van der Waals surface area contributed by atoms with E-state index in [-0.39, 0.29) is 6.04 Å². The number of aryl methyl sites for hydroxylation is 1. The molecule has 0 aliphatic carbocycles. The van der Waals surface area contributed by atoms with Crippen LogP contribution in [0.3, 0.4) is 0 Å². The topological polar surface area (TPSA) is 46.3 Å². The first-order valence-electron chi connectivity index (χ1n) is 6.76. The predicted molar refractivity (Wildman–Crippen MR) is 70.6 cm³/mol. The van der Waals surface area contributed by atoms with E-state index in [2.05, 4.69) is 5.16 Å². The standard InChI is InChI=1S/C15H14F2N2O2/c1-9-8-12(18-21-9)13-6-3-7-19(13)15(20)14-10(16)4-2-5-11(14)17/h2,4-5,8,13H,3,6-7H2,1H3/t13-/m0/s1. The summed E-state index contributed by atoms with van der Waals surface area (Å²) < 4.78 is 32.6. The normalized spacial score (nSPS) is 18.2. The van der Waals surface area contributed by atoms with Gasteiger partial charge in [0.2, 0.25) is 0 Å². The summed E-state index contributed by atoms with van der Waals surface area (Å²) in [5.74, 6) is -1.70. The molecule has 0 saturated carbocycles. The van der Waals surface area contributed by atoms with Crippen LogP contribution < -0.4 is 0 Å². The number of hydrogen-bond acceptors (Lipinski definition) is 3. The van der Waals surface area contributed by atoms with Crippen molar-refractivity contribution in [2.24, 2.45) is 0 Å². The fourth-order valence-corrected chi connectivity index (χ4v) is 2.71. The van der Waals surface area contributed by atoms with Gasteiger partial charge in [-0.2, -0.15) is 0 Å². The molecule has 0 radical (unpaired) electrons. The second kappa shape index (κ2) is 5.27. The third-order valence-electron chi connectivity index (χ3n) is 3.68. The number of nitrogens with zero attached hydrogens (tertiary/aromatic N) is 2. The van der Waals surface area contributed by atoms with Gasteiger partial charge in [0.1, 0.15) is 28.7 Å². The highest BCUT2D eigenvalue weighted by atomic mass is 19.1. The number of benzene rings is 1. The van der Waals surface area contributed by atoms with E-state index in [0.29, 0.717) is 24.4 Å². The molecule has 21 heavy (non-hydrogen) atoms. The molecule has 1 saturated heterocycles. The van der Waals surface area contributed by atoms with Gasteiger partial charge >= 0.3 is 0 Å². The molecule has 2 aromatic rings. The molecule has 4 nitrogen and oxygen atoms in total. The lowest BCUT2D eigenvalue weighted by Crippen LogP contribution is -2.32. The van der Waals surface area contributed by atoms with E-state index in [9.17, 15) is 13.6 Å². The first-order valence-corrected chi connectivity index (χ1v) is 6.76. The van der Waals surface area contributed by atoms with Crippen LogP contribution in [0.2, 0.25) is 0 Å². The van der Waals surface area contributed by atoms with Crippen LogP contribution in [0.25, 0.3) is 0 Å². The fourth-order valence-electron chi connectivity index (χ4n) is 2.71. The summed E-state index contributed by atoms with van der Waals surface area (Å²) in [6.07, 6.45) is 1.46. The quantitative estimate of drug-likeness (QED) is 0.853. The molecule has 2 heterocycles. The smallest absolute Gasteiger partial charge is 0.260 e. The first-order chi connectivity index (χ1) is 10.1. The van der Waals surface area contributed by atoms with Gasteiger partial charge in [0.05, 0.1) is 6.04 Å². The zero-order valence-electron chi connectivity index (χ0n) is 11.5.